The molecule has 2 rings (SSSR count). The number of nitrogens with two attached hydrogens (primary N) is 1. The van der Waals surface area contributed by atoms with Crippen molar-refractivity contribution in [2.45, 2.75) is 50.4 Å². The van der Waals surface area contributed by atoms with Crippen LogP contribution in [0.25, 0.3) is 0 Å². The molecule has 8 heteroatoms. The van der Waals surface area contributed by atoms with Crippen molar-refractivity contribution < 1.29 is 4.42 Å². The van der Waals surface area contributed by atoms with Crippen LogP contribution in [0.3, 0.4) is 0 Å². The molecule has 2 aromatic heterocycles. The lowest BCUT2D eigenvalue weighted by molar-refractivity contribution is 0.383. The van der Waals surface area contributed by atoms with Gasteiger partial charge >= 0.3 is 0 Å². The molecule has 0 saturated heterocycles. The highest BCUT2D eigenvalue weighted by molar-refractivity contribution is 7.99. The lowest BCUT2D eigenvalue weighted by Crippen LogP contribution is -2.32. The summed E-state index contributed by atoms with van der Waals surface area (Å²) in [5, 5.41) is 7.93. The van der Waals surface area contributed by atoms with Crippen LogP contribution >= 0.6 is 11.8 Å². The molecule has 21 heavy (non-hydrogen) atoms. The molecule has 7 nitrogen and oxygen atoms in total. The summed E-state index contributed by atoms with van der Waals surface area (Å²) in [5.74, 6) is 7.09. The van der Waals surface area contributed by atoms with E-state index < -0.39 is 0 Å². The van der Waals surface area contributed by atoms with Gasteiger partial charge in [-0.05, 0) is 13.8 Å². The predicted molar refractivity (Wildman–Crippen MR) is 80.7 cm³/mol. The van der Waals surface area contributed by atoms with Gasteiger partial charge in [0.25, 0.3) is 5.56 Å². The molecular formula is C13H19N5O2S. The van der Waals surface area contributed by atoms with Crippen molar-refractivity contribution in [2.24, 2.45) is 0 Å². The van der Waals surface area contributed by atoms with Gasteiger partial charge in [0.1, 0.15) is 11.5 Å². The maximum atomic E-state index is 11.7. The van der Waals surface area contributed by atoms with Crippen molar-refractivity contribution in [1.29, 1.82) is 0 Å². The maximum absolute atomic E-state index is 11.7. The van der Waals surface area contributed by atoms with Gasteiger partial charge in [-0.3, -0.25) is 4.79 Å². The molecular weight excluding hydrogens is 290 g/mol. The lowest BCUT2D eigenvalue weighted by atomic mass is 9.94. The number of aromatic nitrogens is 4. The Kier molecular flexibility index (Phi) is 4.08. The van der Waals surface area contributed by atoms with Crippen molar-refractivity contribution in [1.82, 2.24) is 19.9 Å². The van der Waals surface area contributed by atoms with Crippen LogP contribution in [-0.2, 0) is 5.41 Å². The number of rotatable bonds is 3. The normalized spacial score (nSPS) is 13.4. The van der Waals surface area contributed by atoms with Crippen molar-refractivity contribution in [3.63, 3.8) is 0 Å². The van der Waals surface area contributed by atoms with E-state index in [1.165, 1.54) is 11.8 Å². The molecule has 0 aromatic carbocycles. The van der Waals surface area contributed by atoms with Crippen LogP contribution in [0.2, 0.25) is 0 Å². The van der Waals surface area contributed by atoms with Crippen molar-refractivity contribution >= 4 is 11.8 Å². The van der Waals surface area contributed by atoms with E-state index in [4.69, 9.17) is 10.3 Å². The van der Waals surface area contributed by atoms with E-state index in [2.05, 4.69) is 36.0 Å². The summed E-state index contributed by atoms with van der Waals surface area (Å²) in [6.07, 6.45) is 1.72. The van der Waals surface area contributed by atoms with E-state index in [9.17, 15) is 4.79 Å². The van der Waals surface area contributed by atoms with E-state index in [0.29, 0.717) is 11.0 Å². The van der Waals surface area contributed by atoms with E-state index in [1.54, 1.807) is 13.1 Å². The van der Waals surface area contributed by atoms with Crippen molar-refractivity contribution in [3.8, 4) is 0 Å². The molecule has 0 unspecified atom stereocenters. The Hall–Kier alpha value is -1.83. The van der Waals surface area contributed by atoms with Gasteiger partial charge in [0.05, 0.1) is 11.4 Å². The highest BCUT2D eigenvalue weighted by Crippen LogP contribution is 2.34. The molecule has 2 aromatic rings. The van der Waals surface area contributed by atoms with Crippen LogP contribution < -0.4 is 11.4 Å². The van der Waals surface area contributed by atoms with Gasteiger partial charge in [-0.15, -0.1) is 10.2 Å². The number of nitrogen functional groups attached to an aromatic ring is 1. The van der Waals surface area contributed by atoms with Crippen LogP contribution in [0.1, 0.15) is 50.3 Å². The Morgan fingerprint density at radius 1 is 1.38 bits per heavy atom. The minimum atomic E-state index is -0.359. The second-order valence-corrected chi connectivity index (χ2v) is 7.12. The Morgan fingerprint density at radius 3 is 2.62 bits per heavy atom. The molecule has 1 atom stereocenters. The molecule has 0 aliphatic rings. The first kappa shape index (κ1) is 15.6. The third kappa shape index (κ3) is 3.26. The van der Waals surface area contributed by atoms with E-state index in [1.807, 2.05) is 6.92 Å². The fourth-order valence-electron chi connectivity index (χ4n) is 1.58. The summed E-state index contributed by atoms with van der Waals surface area (Å²) in [6, 6.07) is 0. The molecule has 0 radical (unpaired) electrons. The van der Waals surface area contributed by atoms with Gasteiger partial charge < -0.3 is 10.3 Å². The molecule has 0 fully saturated rings. The predicted octanol–water partition coefficient (Wildman–Crippen LogP) is 1.80. The minimum absolute atomic E-state index is 0.102. The van der Waals surface area contributed by atoms with Gasteiger partial charge in [-0.1, -0.05) is 32.5 Å². The van der Waals surface area contributed by atoms with Crippen molar-refractivity contribution in [3.05, 3.63) is 33.9 Å². The molecule has 2 N–H and O–H groups in total. The Labute approximate surface area is 126 Å². The molecule has 0 aliphatic heterocycles. The topological polar surface area (TPSA) is 99.8 Å². The van der Waals surface area contributed by atoms with Gasteiger partial charge in [0.15, 0.2) is 0 Å². The summed E-state index contributed by atoms with van der Waals surface area (Å²) in [6.45, 7) is 9.64. The molecule has 0 spiro atoms. The van der Waals surface area contributed by atoms with Gasteiger partial charge in [0.2, 0.25) is 11.0 Å². The Bertz CT molecular complexity index is 701. The van der Waals surface area contributed by atoms with Crippen LogP contribution in [0.15, 0.2) is 20.6 Å². The summed E-state index contributed by atoms with van der Waals surface area (Å²) in [4.78, 5) is 16.0. The SMILES string of the molecule is Cc1nnc(S[C@H](C)c2ncc(C(C)(C)C)o2)n(N)c1=O. The molecule has 0 amide bonds. The van der Waals surface area contributed by atoms with E-state index in [0.717, 1.165) is 10.4 Å². The highest BCUT2D eigenvalue weighted by Gasteiger charge is 2.23. The maximum Gasteiger partial charge on any atom is 0.294 e. The smallest absolute Gasteiger partial charge is 0.294 e. The molecule has 0 aliphatic carbocycles. The standard InChI is InChI=1S/C13H19N5O2S/c1-7-11(19)18(14)12(17-16-7)21-8(2)10-15-6-9(20-10)13(3,4)5/h6,8H,14H2,1-5H3/t8-/m1/s1. The second-order valence-electron chi connectivity index (χ2n) is 5.82. The third-order valence-electron chi connectivity index (χ3n) is 2.91. The first-order chi connectivity index (χ1) is 9.70. The minimum Gasteiger partial charge on any atom is -0.444 e. The van der Waals surface area contributed by atoms with E-state index in [-0.39, 0.29) is 21.9 Å². The number of hydrogen-bond donors (Lipinski definition) is 1. The van der Waals surface area contributed by atoms with Crippen LogP contribution in [0.4, 0.5) is 0 Å². The molecule has 114 valence electrons. The number of hydrogen-bond acceptors (Lipinski definition) is 7. The second kappa shape index (κ2) is 5.51. The van der Waals surface area contributed by atoms with Gasteiger partial charge in [0, 0.05) is 5.41 Å². The fraction of sp³-hybridized carbons (Fsp3) is 0.538. The first-order valence-corrected chi connectivity index (χ1v) is 7.42. The molecule has 0 saturated carbocycles. The monoisotopic (exact) mass is 309 g/mol. The quantitative estimate of drug-likeness (QED) is 0.681. The molecule has 2 heterocycles. The fourth-order valence-corrected chi connectivity index (χ4v) is 2.39. The summed E-state index contributed by atoms with van der Waals surface area (Å²) >= 11 is 1.28. The summed E-state index contributed by atoms with van der Waals surface area (Å²) in [7, 11) is 0. The van der Waals surface area contributed by atoms with Crippen LogP contribution in [0.5, 0.6) is 0 Å². The zero-order chi connectivity index (χ0) is 15.8. The lowest BCUT2D eigenvalue weighted by Gasteiger charge is -2.14. The zero-order valence-corrected chi connectivity index (χ0v) is 13.6. The van der Waals surface area contributed by atoms with Gasteiger partial charge in [-0.2, -0.15) is 4.68 Å². The number of aryl methyl sites for hydroxylation is 1. The first-order valence-electron chi connectivity index (χ1n) is 6.54. The molecule has 0 bridgehead atoms. The van der Waals surface area contributed by atoms with Crippen LogP contribution in [0, 0.1) is 6.92 Å². The largest absolute Gasteiger partial charge is 0.444 e. The van der Waals surface area contributed by atoms with E-state index >= 15 is 0 Å². The zero-order valence-electron chi connectivity index (χ0n) is 12.7. The van der Waals surface area contributed by atoms with Crippen LogP contribution in [-0.4, -0.2) is 19.9 Å². The Morgan fingerprint density at radius 2 is 2.05 bits per heavy atom. The Balaban J connectivity index is 2.23. The number of thioether (sulfide) groups is 1. The number of nitrogens with zero attached hydrogens (tertiary/aromatic N) is 4. The average molecular weight is 309 g/mol. The highest BCUT2D eigenvalue weighted by atomic mass is 32.2. The van der Waals surface area contributed by atoms with Gasteiger partial charge in [-0.25, -0.2) is 4.98 Å². The number of oxazole rings is 1. The summed E-state index contributed by atoms with van der Waals surface area (Å²) < 4.78 is 6.76. The summed E-state index contributed by atoms with van der Waals surface area (Å²) in [5.41, 5.74) is -0.196. The average Bonchev–Trinajstić information content (AvgIpc) is 2.89. The van der Waals surface area contributed by atoms with Crippen molar-refractivity contribution in [2.75, 3.05) is 5.84 Å². The third-order valence-corrected chi connectivity index (χ3v) is 3.96.